The van der Waals surface area contributed by atoms with Crippen LogP contribution in [0.4, 0.5) is 26.3 Å². The van der Waals surface area contributed by atoms with Crippen LogP contribution in [-0.2, 0) is 11.6 Å². The Hall–Kier alpha value is -2.61. The Morgan fingerprint density at radius 2 is 1.55 bits per heavy atom. The highest BCUT2D eigenvalue weighted by Gasteiger charge is 2.47. The molecule has 1 aliphatic heterocycles. The molecule has 8 heteroatoms. The van der Waals surface area contributed by atoms with Gasteiger partial charge in [-0.1, -0.05) is 43.3 Å². The van der Waals surface area contributed by atoms with Gasteiger partial charge in [-0.15, -0.1) is 0 Å². The molecule has 0 saturated heterocycles. The maximum absolute atomic E-state index is 14.3. The average molecular weight is 441 g/mol. The fourth-order valence-corrected chi connectivity index (χ4v) is 3.47. The van der Waals surface area contributed by atoms with Gasteiger partial charge in [0.15, 0.2) is 0 Å². The van der Waals surface area contributed by atoms with Crippen molar-refractivity contribution in [3.05, 3.63) is 65.7 Å². The van der Waals surface area contributed by atoms with E-state index in [1.165, 1.54) is 22.7 Å². The standard InChI is InChI=1S/C14H16F6O.C9H5N/c1-8(16)11(21)12(17)13(2,7-15)9-5-3-4-6-10(9)14(18,19)20;1-2-4-8-6(3-1)7-5-9(7)10-8/h3-6,8,11-12,21H,7H2,1-2H3;1-5H. The van der Waals surface area contributed by atoms with E-state index in [1.807, 2.05) is 6.07 Å². The van der Waals surface area contributed by atoms with E-state index in [9.17, 15) is 31.4 Å². The van der Waals surface area contributed by atoms with Crippen molar-refractivity contribution in [3.63, 3.8) is 0 Å². The third kappa shape index (κ3) is 4.54. The second kappa shape index (κ2) is 8.49. The minimum atomic E-state index is -4.81. The van der Waals surface area contributed by atoms with Gasteiger partial charge in [-0.2, -0.15) is 13.2 Å². The third-order valence-electron chi connectivity index (χ3n) is 5.41. The number of aromatic nitrogens is 1. The number of hydrogen-bond acceptors (Lipinski definition) is 2. The number of aliphatic hydroxyl groups is 1. The number of fused-ring (bicyclic) bond motifs is 3. The molecular formula is C23H21F6NO. The number of pyridine rings is 1. The first-order valence-corrected chi connectivity index (χ1v) is 9.59. The first kappa shape index (κ1) is 23.1. The zero-order valence-electron chi connectivity index (χ0n) is 16.8. The molecule has 2 aromatic carbocycles. The molecule has 0 amide bonds. The predicted molar refractivity (Wildman–Crippen MR) is 107 cm³/mol. The van der Waals surface area contributed by atoms with Crippen molar-refractivity contribution < 1.29 is 31.4 Å². The van der Waals surface area contributed by atoms with Gasteiger partial charge < -0.3 is 5.11 Å². The smallest absolute Gasteiger partial charge is 0.387 e. The Balaban J connectivity index is 0.000000220. The molecule has 0 aromatic heterocycles. The second-order valence-electron chi connectivity index (χ2n) is 7.74. The van der Waals surface area contributed by atoms with Gasteiger partial charge >= 0.3 is 6.18 Å². The van der Waals surface area contributed by atoms with Crippen molar-refractivity contribution in [3.8, 4) is 11.3 Å². The molecule has 4 atom stereocenters. The molecule has 0 radical (unpaired) electrons. The van der Waals surface area contributed by atoms with E-state index in [0.717, 1.165) is 31.5 Å². The van der Waals surface area contributed by atoms with Crippen molar-refractivity contribution in [2.75, 3.05) is 6.67 Å². The molecule has 0 spiro atoms. The van der Waals surface area contributed by atoms with E-state index in [4.69, 9.17) is 0 Å². The highest BCUT2D eigenvalue weighted by Crippen LogP contribution is 2.41. The van der Waals surface area contributed by atoms with Crippen LogP contribution in [0.15, 0.2) is 54.6 Å². The van der Waals surface area contributed by atoms with Crippen LogP contribution >= 0.6 is 0 Å². The van der Waals surface area contributed by atoms with Crippen molar-refractivity contribution >= 4 is 10.9 Å². The third-order valence-corrected chi connectivity index (χ3v) is 5.41. The molecule has 0 saturated carbocycles. The minimum Gasteiger partial charge on any atom is -0.387 e. The predicted octanol–water partition coefficient (Wildman–Crippen LogP) is 6.20. The van der Waals surface area contributed by atoms with Crippen molar-refractivity contribution in [1.82, 2.24) is 4.98 Å². The number of para-hydroxylation sites is 1. The van der Waals surface area contributed by atoms with Crippen LogP contribution in [-0.4, -0.2) is 35.2 Å². The van der Waals surface area contributed by atoms with Crippen LogP contribution in [0.25, 0.3) is 22.2 Å². The normalized spacial score (nSPS) is 17.2. The topological polar surface area (TPSA) is 33.1 Å². The lowest BCUT2D eigenvalue weighted by Gasteiger charge is -2.35. The summed E-state index contributed by atoms with van der Waals surface area (Å²) in [4.78, 5) is 4.35. The monoisotopic (exact) mass is 441 g/mol. The summed E-state index contributed by atoms with van der Waals surface area (Å²) in [5.41, 5.74) is -0.489. The van der Waals surface area contributed by atoms with Crippen molar-refractivity contribution in [2.45, 2.75) is 43.9 Å². The number of alkyl halides is 6. The summed E-state index contributed by atoms with van der Waals surface area (Å²) in [5.74, 6) is 0. The van der Waals surface area contributed by atoms with E-state index in [1.54, 1.807) is 0 Å². The van der Waals surface area contributed by atoms with Crippen LogP contribution in [0, 0.1) is 0 Å². The molecule has 1 N–H and O–H groups in total. The quantitative estimate of drug-likeness (QED) is 0.374. The molecule has 1 aliphatic carbocycles. The van der Waals surface area contributed by atoms with Gasteiger partial charge in [0, 0.05) is 10.9 Å². The number of aliphatic hydroxyl groups excluding tert-OH is 1. The molecule has 31 heavy (non-hydrogen) atoms. The number of halogens is 6. The Morgan fingerprint density at radius 1 is 0.968 bits per heavy atom. The van der Waals surface area contributed by atoms with E-state index in [2.05, 4.69) is 29.2 Å². The van der Waals surface area contributed by atoms with Gasteiger partial charge in [-0.3, -0.25) is 4.39 Å². The molecule has 1 heterocycles. The van der Waals surface area contributed by atoms with Crippen LogP contribution in [0.1, 0.15) is 25.0 Å². The summed E-state index contributed by atoms with van der Waals surface area (Å²) in [7, 11) is 0. The number of rotatable bonds is 5. The second-order valence-corrected chi connectivity index (χ2v) is 7.74. The molecular weight excluding hydrogens is 420 g/mol. The average Bonchev–Trinajstić information content (AvgIpc) is 3.42. The first-order valence-electron chi connectivity index (χ1n) is 9.59. The summed E-state index contributed by atoms with van der Waals surface area (Å²) < 4.78 is 79.5. The largest absolute Gasteiger partial charge is 0.416 e. The van der Waals surface area contributed by atoms with Crippen molar-refractivity contribution in [1.29, 1.82) is 0 Å². The molecule has 4 rings (SSSR count). The lowest BCUT2D eigenvalue weighted by atomic mass is 9.74. The van der Waals surface area contributed by atoms with Gasteiger partial charge in [-0.25, -0.2) is 13.8 Å². The van der Waals surface area contributed by atoms with E-state index in [-0.39, 0.29) is 0 Å². The molecule has 2 aliphatic rings. The zero-order chi connectivity index (χ0) is 23.0. The van der Waals surface area contributed by atoms with Gasteiger partial charge in [-0.05, 0) is 30.7 Å². The number of benzene rings is 2. The summed E-state index contributed by atoms with van der Waals surface area (Å²) in [6.45, 7) is 0.241. The molecule has 166 valence electrons. The SMILES string of the molecule is CC(F)C(O)C(F)C(C)(CF)c1ccccc1C(F)(F)F.c1ccc2c3cc-3nc2c1. The first-order chi connectivity index (χ1) is 14.5. The van der Waals surface area contributed by atoms with Gasteiger partial charge in [0.1, 0.15) is 25.1 Å². The molecule has 0 fully saturated rings. The molecule has 2 aromatic rings. The van der Waals surface area contributed by atoms with Gasteiger partial charge in [0.25, 0.3) is 0 Å². The van der Waals surface area contributed by atoms with Gasteiger partial charge in [0.2, 0.25) is 0 Å². The summed E-state index contributed by atoms with van der Waals surface area (Å²) in [5, 5.41) is 10.7. The van der Waals surface area contributed by atoms with Crippen molar-refractivity contribution in [2.24, 2.45) is 0 Å². The highest BCUT2D eigenvalue weighted by atomic mass is 19.4. The molecule has 2 nitrogen and oxygen atoms in total. The summed E-state index contributed by atoms with van der Waals surface area (Å²) >= 11 is 0. The van der Waals surface area contributed by atoms with E-state index in [0.29, 0.717) is 6.07 Å². The molecule has 4 unspecified atom stereocenters. The van der Waals surface area contributed by atoms with E-state index < -0.39 is 47.8 Å². The van der Waals surface area contributed by atoms with Gasteiger partial charge in [0.05, 0.1) is 22.2 Å². The highest BCUT2D eigenvalue weighted by molar-refractivity contribution is 6.04. The summed E-state index contributed by atoms with van der Waals surface area (Å²) in [6, 6.07) is 14.3. The maximum atomic E-state index is 14.3. The fraction of sp³-hybridized carbons (Fsp3) is 0.348. The Bertz CT molecular complexity index is 1070. The Morgan fingerprint density at radius 3 is 2.10 bits per heavy atom. The van der Waals surface area contributed by atoms with Crippen LogP contribution in [0.5, 0.6) is 0 Å². The maximum Gasteiger partial charge on any atom is 0.416 e. The Labute approximate surface area is 175 Å². The molecule has 0 bridgehead atoms. The Kier molecular flexibility index (Phi) is 6.32. The van der Waals surface area contributed by atoms with E-state index >= 15 is 0 Å². The minimum absolute atomic E-state index is 0.646. The van der Waals surface area contributed by atoms with Crippen LogP contribution in [0.3, 0.4) is 0 Å². The fourth-order valence-electron chi connectivity index (χ4n) is 3.47. The number of nitrogens with zero attached hydrogens (tertiary/aromatic N) is 1. The number of hydrogen-bond donors (Lipinski definition) is 1. The lowest BCUT2D eigenvalue weighted by molar-refractivity contribution is -0.139. The summed E-state index contributed by atoms with van der Waals surface area (Å²) in [6.07, 6.45) is -11.6. The zero-order valence-corrected chi connectivity index (χ0v) is 16.8. The lowest BCUT2D eigenvalue weighted by Crippen LogP contribution is -2.47. The van der Waals surface area contributed by atoms with Crippen LogP contribution < -0.4 is 0 Å². The van der Waals surface area contributed by atoms with Crippen LogP contribution in [0.2, 0.25) is 0 Å².